The predicted molar refractivity (Wildman–Crippen MR) is 105 cm³/mol. The van der Waals surface area contributed by atoms with Crippen LogP contribution in [-0.2, 0) is 13.0 Å². The van der Waals surface area contributed by atoms with Gasteiger partial charge in [-0.25, -0.2) is 4.39 Å². The van der Waals surface area contributed by atoms with Gasteiger partial charge in [0.2, 0.25) is 0 Å². The molecule has 0 aliphatic rings. The highest BCUT2D eigenvalue weighted by molar-refractivity contribution is 5.83. The van der Waals surface area contributed by atoms with Crippen molar-refractivity contribution in [2.75, 3.05) is 13.6 Å². The van der Waals surface area contributed by atoms with Crippen LogP contribution in [0.15, 0.2) is 59.7 Å². The van der Waals surface area contributed by atoms with Crippen LogP contribution in [0.3, 0.4) is 0 Å². The van der Waals surface area contributed by atoms with Crippen LogP contribution in [0.1, 0.15) is 16.7 Å². The van der Waals surface area contributed by atoms with Crippen molar-refractivity contribution in [3.63, 3.8) is 0 Å². The smallest absolute Gasteiger partial charge is 0.191 e. The predicted octanol–water partition coefficient (Wildman–Crippen LogP) is 3.59. The lowest BCUT2D eigenvalue weighted by Crippen LogP contribution is -2.38. The second-order valence-electron chi connectivity index (χ2n) is 6.17. The van der Waals surface area contributed by atoms with Crippen molar-refractivity contribution < 1.29 is 4.39 Å². The Kier molecular flexibility index (Phi) is 5.79. The molecule has 0 fully saturated rings. The maximum Gasteiger partial charge on any atom is 0.191 e. The van der Waals surface area contributed by atoms with Gasteiger partial charge in [0.1, 0.15) is 5.82 Å². The van der Waals surface area contributed by atoms with E-state index in [1.54, 1.807) is 13.1 Å². The van der Waals surface area contributed by atoms with E-state index in [-0.39, 0.29) is 5.82 Å². The normalized spacial score (nSPS) is 11.6. The minimum Gasteiger partial charge on any atom is -0.356 e. The van der Waals surface area contributed by atoms with Crippen LogP contribution in [0.5, 0.6) is 0 Å². The highest BCUT2D eigenvalue weighted by Gasteiger charge is 2.04. The first-order chi connectivity index (χ1) is 12.7. The first-order valence-electron chi connectivity index (χ1n) is 8.69. The van der Waals surface area contributed by atoms with Crippen LogP contribution >= 0.6 is 0 Å². The van der Waals surface area contributed by atoms with Crippen molar-refractivity contribution >= 4 is 16.9 Å². The van der Waals surface area contributed by atoms with E-state index in [1.165, 1.54) is 6.07 Å². The molecule has 0 saturated heterocycles. The number of hydrogen-bond acceptors (Lipinski definition) is 2. The first-order valence-corrected chi connectivity index (χ1v) is 8.69. The molecule has 0 amide bonds. The lowest BCUT2D eigenvalue weighted by atomic mass is 10.1. The Balaban J connectivity index is 1.56. The first kappa shape index (κ1) is 17.9. The third-order valence-electron chi connectivity index (χ3n) is 4.38. The summed E-state index contributed by atoms with van der Waals surface area (Å²) >= 11 is 0. The number of para-hydroxylation sites is 1. The number of nitrogens with zero attached hydrogens (tertiary/aromatic N) is 2. The molecule has 0 radical (unpaired) electrons. The van der Waals surface area contributed by atoms with Crippen molar-refractivity contribution in [3.05, 3.63) is 77.2 Å². The number of aryl methyl sites for hydroxylation is 1. The average molecular weight is 350 g/mol. The number of benzene rings is 2. The topological polar surface area (TPSA) is 49.3 Å². The van der Waals surface area contributed by atoms with Crippen LogP contribution in [0, 0.1) is 12.7 Å². The Labute approximate surface area is 153 Å². The van der Waals surface area contributed by atoms with Gasteiger partial charge in [0, 0.05) is 31.7 Å². The molecule has 0 aliphatic heterocycles. The lowest BCUT2D eigenvalue weighted by molar-refractivity contribution is 0.625. The van der Waals surface area contributed by atoms with Gasteiger partial charge in [0.05, 0.1) is 5.52 Å². The van der Waals surface area contributed by atoms with Crippen molar-refractivity contribution in [2.45, 2.75) is 19.9 Å². The third-order valence-corrected chi connectivity index (χ3v) is 4.38. The molecule has 26 heavy (non-hydrogen) atoms. The van der Waals surface area contributed by atoms with E-state index < -0.39 is 0 Å². The number of halogens is 1. The Morgan fingerprint density at radius 2 is 1.92 bits per heavy atom. The highest BCUT2D eigenvalue weighted by Crippen LogP contribution is 2.15. The van der Waals surface area contributed by atoms with Gasteiger partial charge < -0.3 is 10.6 Å². The van der Waals surface area contributed by atoms with E-state index in [9.17, 15) is 4.39 Å². The zero-order chi connectivity index (χ0) is 18.4. The van der Waals surface area contributed by atoms with Gasteiger partial charge in [-0.15, -0.1) is 0 Å². The fourth-order valence-corrected chi connectivity index (χ4v) is 2.96. The van der Waals surface area contributed by atoms with Crippen LogP contribution in [0.4, 0.5) is 4.39 Å². The molecule has 2 N–H and O–H groups in total. The molecule has 0 aliphatic carbocycles. The molecular weight excluding hydrogens is 327 g/mol. The van der Waals surface area contributed by atoms with Crippen molar-refractivity contribution in [1.29, 1.82) is 0 Å². The summed E-state index contributed by atoms with van der Waals surface area (Å²) in [6, 6.07) is 15.1. The van der Waals surface area contributed by atoms with Crippen LogP contribution in [-0.4, -0.2) is 24.5 Å². The van der Waals surface area contributed by atoms with Crippen molar-refractivity contribution in [2.24, 2.45) is 4.99 Å². The number of aliphatic imine (C=N–C) groups is 1. The number of nitrogens with one attached hydrogen (secondary N) is 2. The van der Waals surface area contributed by atoms with Gasteiger partial charge in [-0.3, -0.25) is 9.98 Å². The molecular formula is C21H23FN4. The summed E-state index contributed by atoms with van der Waals surface area (Å²) in [4.78, 5) is 8.74. The molecule has 3 aromatic rings. The number of aromatic nitrogens is 1. The molecule has 0 bridgehead atoms. The number of hydrogen-bond donors (Lipinski definition) is 2. The van der Waals surface area contributed by atoms with Crippen molar-refractivity contribution in [1.82, 2.24) is 15.6 Å². The minimum absolute atomic E-state index is 0.194. The molecule has 1 aromatic heterocycles. The van der Waals surface area contributed by atoms with E-state index in [4.69, 9.17) is 0 Å². The number of rotatable bonds is 5. The molecule has 134 valence electrons. The second kappa shape index (κ2) is 8.43. The van der Waals surface area contributed by atoms with E-state index in [2.05, 4.69) is 38.8 Å². The molecule has 2 aromatic carbocycles. The maximum atomic E-state index is 13.2. The molecule has 0 spiro atoms. The minimum atomic E-state index is -0.194. The van der Waals surface area contributed by atoms with Gasteiger partial charge in [0.25, 0.3) is 0 Å². The molecule has 1 heterocycles. The molecule has 4 nitrogen and oxygen atoms in total. The van der Waals surface area contributed by atoms with Gasteiger partial charge in [0.15, 0.2) is 5.96 Å². The summed E-state index contributed by atoms with van der Waals surface area (Å²) in [5, 5.41) is 7.76. The van der Waals surface area contributed by atoms with Crippen LogP contribution in [0.2, 0.25) is 0 Å². The third kappa shape index (κ3) is 4.36. The van der Waals surface area contributed by atoms with E-state index in [1.807, 2.05) is 31.3 Å². The number of fused-ring (bicyclic) bond motifs is 1. The zero-order valence-corrected chi connectivity index (χ0v) is 15.1. The summed E-state index contributed by atoms with van der Waals surface area (Å²) in [7, 11) is 1.75. The number of guanidine groups is 1. The second-order valence-corrected chi connectivity index (χ2v) is 6.17. The van der Waals surface area contributed by atoms with Crippen molar-refractivity contribution in [3.8, 4) is 0 Å². The maximum absolute atomic E-state index is 13.2. The fraction of sp³-hybridized carbons (Fsp3) is 0.238. The quantitative estimate of drug-likeness (QED) is 0.546. The summed E-state index contributed by atoms with van der Waals surface area (Å²) in [5.41, 5.74) is 4.23. The van der Waals surface area contributed by atoms with Gasteiger partial charge in [-0.05, 0) is 48.2 Å². The van der Waals surface area contributed by atoms with E-state index >= 15 is 0 Å². The number of pyridine rings is 1. The molecule has 3 rings (SSSR count). The summed E-state index contributed by atoms with van der Waals surface area (Å²) in [6.45, 7) is 3.29. The Morgan fingerprint density at radius 1 is 1.08 bits per heavy atom. The molecule has 0 saturated carbocycles. The van der Waals surface area contributed by atoms with E-state index in [0.717, 1.165) is 46.5 Å². The average Bonchev–Trinajstić information content (AvgIpc) is 2.66. The largest absolute Gasteiger partial charge is 0.356 e. The molecule has 0 atom stereocenters. The monoisotopic (exact) mass is 350 g/mol. The Hall–Kier alpha value is -2.95. The zero-order valence-electron chi connectivity index (χ0n) is 15.1. The summed E-state index contributed by atoms with van der Waals surface area (Å²) in [5.74, 6) is 0.540. The standard InChI is InChI=1S/C21H23FN4/c1-15-13-19(22)9-8-16(15)10-12-25-21(23-2)26-14-18-6-3-5-17-7-4-11-24-20(17)18/h3-9,11,13H,10,12,14H2,1-2H3,(H2,23,25,26). The van der Waals surface area contributed by atoms with Gasteiger partial charge >= 0.3 is 0 Å². The summed E-state index contributed by atoms with van der Waals surface area (Å²) < 4.78 is 13.2. The SMILES string of the molecule is CN=C(NCCc1ccc(F)cc1C)NCc1cccc2cccnc12. The van der Waals surface area contributed by atoms with E-state index in [0.29, 0.717) is 6.54 Å². The Bertz CT molecular complexity index is 916. The fourth-order valence-electron chi connectivity index (χ4n) is 2.96. The lowest BCUT2D eigenvalue weighted by Gasteiger charge is -2.13. The van der Waals surface area contributed by atoms with Gasteiger partial charge in [-0.2, -0.15) is 0 Å². The van der Waals surface area contributed by atoms with Gasteiger partial charge in [-0.1, -0.05) is 30.3 Å². The Morgan fingerprint density at radius 3 is 2.73 bits per heavy atom. The molecule has 5 heteroatoms. The van der Waals surface area contributed by atoms with Crippen LogP contribution in [0.25, 0.3) is 10.9 Å². The van der Waals surface area contributed by atoms with Crippen LogP contribution < -0.4 is 10.6 Å². The molecule has 0 unspecified atom stereocenters. The summed E-state index contributed by atoms with van der Waals surface area (Å²) in [6.07, 6.45) is 2.62. The highest BCUT2D eigenvalue weighted by atomic mass is 19.1.